The molecule has 1 aliphatic carbocycles. The zero-order valence-corrected chi connectivity index (χ0v) is 13.6. The Bertz CT molecular complexity index is 741. The molecule has 1 saturated carbocycles. The molecule has 2 amide bonds. The van der Waals surface area contributed by atoms with Crippen molar-refractivity contribution >= 4 is 11.7 Å². The van der Waals surface area contributed by atoms with Gasteiger partial charge in [0, 0.05) is 19.0 Å². The molecule has 1 atom stereocenters. The molecule has 0 spiro atoms. The van der Waals surface area contributed by atoms with Gasteiger partial charge in [0.2, 0.25) is 11.7 Å². The van der Waals surface area contributed by atoms with Crippen molar-refractivity contribution in [2.45, 2.75) is 25.8 Å². The topological polar surface area (TPSA) is 80.5 Å². The van der Waals surface area contributed by atoms with Crippen LogP contribution in [-0.2, 0) is 4.74 Å². The maximum Gasteiger partial charge on any atom is 0.322 e. The summed E-state index contributed by atoms with van der Waals surface area (Å²) in [5.41, 5.74) is 1.43. The summed E-state index contributed by atoms with van der Waals surface area (Å²) in [5.74, 6) is 1.54. The van der Waals surface area contributed by atoms with E-state index in [0.29, 0.717) is 43.1 Å². The van der Waals surface area contributed by atoms with Crippen molar-refractivity contribution in [3.8, 4) is 11.4 Å². The first-order valence-corrected chi connectivity index (χ1v) is 8.27. The van der Waals surface area contributed by atoms with Crippen LogP contribution in [0.1, 0.15) is 18.7 Å². The molecule has 1 saturated heterocycles. The summed E-state index contributed by atoms with van der Waals surface area (Å²) >= 11 is 0. The van der Waals surface area contributed by atoms with E-state index >= 15 is 0 Å². The van der Waals surface area contributed by atoms with Crippen molar-refractivity contribution in [1.29, 1.82) is 0 Å². The van der Waals surface area contributed by atoms with Gasteiger partial charge >= 0.3 is 6.03 Å². The van der Waals surface area contributed by atoms with Crippen LogP contribution in [0, 0.1) is 12.8 Å². The molecule has 24 heavy (non-hydrogen) atoms. The minimum Gasteiger partial charge on any atom is -0.377 e. The van der Waals surface area contributed by atoms with Gasteiger partial charge in [0.1, 0.15) is 0 Å². The van der Waals surface area contributed by atoms with Crippen LogP contribution in [0.15, 0.2) is 28.8 Å². The van der Waals surface area contributed by atoms with Crippen molar-refractivity contribution in [1.82, 2.24) is 15.0 Å². The molecule has 2 aliphatic rings. The Balaban J connectivity index is 1.55. The molecule has 2 aromatic rings. The van der Waals surface area contributed by atoms with Crippen LogP contribution in [-0.4, -0.2) is 46.9 Å². The highest BCUT2D eigenvalue weighted by Gasteiger charge is 2.39. The van der Waals surface area contributed by atoms with Gasteiger partial charge < -0.3 is 19.5 Å². The van der Waals surface area contributed by atoms with Crippen LogP contribution < -0.4 is 5.32 Å². The predicted molar refractivity (Wildman–Crippen MR) is 87.5 cm³/mol. The number of hydrogen-bond donors (Lipinski definition) is 1. The summed E-state index contributed by atoms with van der Waals surface area (Å²) in [4.78, 5) is 18.9. The molecule has 1 aliphatic heterocycles. The van der Waals surface area contributed by atoms with Gasteiger partial charge in [0.15, 0.2) is 0 Å². The number of rotatable bonds is 3. The fraction of sp³-hybridized carbons (Fsp3) is 0.471. The fourth-order valence-electron chi connectivity index (χ4n) is 3.13. The van der Waals surface area contributed by atoms with Crippen molar-refractivity contribution in [3.05, 3.63) is 30.2 Å². The first-order valence-electron chi connectivity index (χ1n) is 8.27. The number of urea groups is 1. The number of aromatic nitrogens is 2. The maximum absolute atomic E-state index is 12.8. The number of morpholine rings is 1. The first kappa shape index (κ1) is 15.1. The minimum absolute atomic E-state index is 0.0946. The molecule has 7 nitrogen and oxygen atoms in total. The Kier molecular flexibility index (Phi) is 3.93. The lowest BCUT2D eigenvalue weighted by atomic mass is 10.1. The number of carbonyl (C=O) groups is 1. The molecular weight excluding hydrogens is 308 g/mol. The van der Waals surface area contributed by atoms with Crippen LogP contribution in [0.25, 0.3) is 11.4 Å². The molecule has 0 unspecified atom stereocenters. The lowest BCUT2D eigenvalue weighted by molar-refractivity contribution is 0.00773. The Hall–Kier alpha value is -2.41. The average Bonchev–Trinajstić information content (AvgIpc) is 3.36. The zero-order valence-electron chi connectivity index (χ0n) is 13.6. The van der Waals surface area contributed by atoms with Crippen LogP contribution in [0.3, 0.4) is 0 Å². The summed E-state index contributed by atoms with van der Waals surface area (Å²) in [6.07, 6.45) is 2.35. The second-order valence-electron chi connectivity index (χ2n) is 6.29. The third-order valence-electron chi connectivity index (χ3n) is 4.53. The number of ether oxygens (including phenoxy) is 1. The summed E-state index contributed by atoms with van der Waals surface area (Å²) in [6, 6.07) is 7.58. The molecule has 7 heteroatoms. The Labute approximate surface area is 140 Å². The second-order valence-corrected chi connectivity index (χ2v) is 6.29. The van der Waals surface area contributed by atoms with Gasteiger partial charge in [-0.15, -0.1) is 0 Å². The molecule has 4 rings (SSSR count). The van der Waals surface area contributed by atoms with Gasteiger partial charge in [-0.2, -0.15) is 4.98 Å². The first-order chi connectivity index (χ1) is 11.7. The largest absolute Gasteiger partial charge is 0.377 e. The monoisotopic (exact) mass is 328 g/mol. The summed E-state index contributed by atoms with van der Waals surface area (Å²) in [6.45, 7) is 3.58. The number of anilines is 1. The third-order valence-corrected chi connectivity index (χ3v) is 4.53. The number of carbonyl (C=O) groups excluding carboxylic acids is 1. The lowest BCUT2D eigenvalue weighted by Crippen LogP contribution is -2.51. The van der Waals surface area contributed by atoms with Crippen molar-refractivity contribution in [2.75, 3.05) is 25.1 Å². The Morgan fingerprint density at radius 1 is 1.33 bits per heavy atom. The van der Waals surface area contributed by atoms with Crippen LogP contribution in [0.2, 0.25) is 0 Å². The van der Waals surface area contributed by atoms with E-state index in [2.05, 4.69) is 15.5 Å². The number of nitrogens with zero attached hydrogens (tertiary/aromatic N) is 3. The van der Waals surface area contributed by atoms with Crippen LogP contribution in [0.4, 0.5) is 10.5 Å². The normalized spacial score (nSPS) is 20.9. The van der Waals surface area contributed by atoms with E-state index in [1.54, 1.807) is 6.92 Å². The number of amides is 2. The van der Waals surface area contributed by atoms with E-state index in [-0.39, 0.29) is 12.1 Å². The van der Waals surface area contributed by atoms with E-state index in [1.165, 1.54) is 12.8 Å². The number of nitrogens with one attached hydrogen (secondary N) is 1. The average molecular weight is 328 g/mol. The van der Waals surface area contributed by atoms with Gasteiger partial charge in [0.05, 0.1) is 24.9 Å². The summed E-state index contributed by atoms with van der Waals surface area (Å²) < 4.78 is 10.6. The molecule has 2 fully saturated rings. The summed E-state index contributed by atoms with van der Waals surface area (Å²) in [5, 5.41) is 6.96. The predicted octanol–water partition coefficient (Wildman–Crippen LogP) is 2.69. The molecule has 126 valence electrons. The number of para-hydroxylation sites is 1. The standard InChI is InChI=1S/C17H20N4O3/c1-11-18-16(20-24-11)13-4-2-3-5-14(13)19-17(22)21-8-9-23-10-15(21)12-6-7-12/h2-5,12,15H,6-10H2,1H3,(H,19,22)/t15-/m0/s1. The van der Waals surface area contributed by atoms with Gasteiger partial charge in [-0.1, -0.05) is 17.3 Å². The van der Waals surface area contributed by atoms with E-state index in [1.807, 2.05) is 29.2 Å². The number of aryl methyl sites for hydroxylation is 1. The third kappa shape index (κ3) is 2.99. The highest BCUT2D eigenvalue weighted by molar-refractivity contribution is 5.93. The quantitative estimate of drug-likeness (QED) is 0.937. The van der Waals surface area contributed by atoms with Crippen molar-refractivity contribution in [3.63, 3.8) is 0 Å². The second kappa shape index (κ2) is 6.24. The SMILES string of the molecule is Cc1nc(-c2ccccc2NC(=O)N2CCOC[C@H]2C2CC2)no1. The maximum atomic E-state index is 12.8. The molecule has 0 bridgehead atoms. The molecule has 2 heterocycles. The van der Waals surface area contributed by atoms with Crippen LogP contribution >= 0.6 is 0 Å². The van der Waals surface area contributed by atoms with E-state index in [0.717, 1.165) is 5.56 Å². The highest BCUT2D eigenvalue weighted by Crippen LogP contribution is 2.37. The summed E-state index contributed by atoms with van der Waals surface area (Å²) in [7, 11) is 0. The molecule has 0 radical (unpaired) electrons. The Morgan fingerprint density at radius 2 is 2.17 bits per heavy atom. The van der Waals surface area contributed by atoms with Crippen molar-refractivity contribution < 1.29 is 14.1 Å². The molecule has 1 aromatic heterocycles. The molecule has 1 aromatic carbocycles. The van der Waals surface area contributed by atoms with Gasteiger partial charge in [-0.25, -0.2) is 4.79 Å². The minimum atomic E-state index is -0.0946. The van der Waals surface area contributed by atoms with Crippen molar-refractivity contribution in [2.24, 2.45) is 5.92 Å². The zero-order chi connectivity index (χ0) is 16.5. The van der Waals surface area contributed by atoms with E-state index in [9.17, 15) is 4.79 Å². The number of hydrogen-bond acceptors (Lipinski definition) is 5. The van der Waals surface area contributed by atoms with Gasteiger partial charge in [0.25, 0.3) is 0 Å². The highest BCUT2D eigenvalue weighted by atomic mass is 16.5. The molecule has 1 N–H and O–H groups in total. The molecular formula is C17H20N4O3. The lowest BCUT2D eigenvalue weighted by Gasteiger charge is -2.35. The number of benzene rings is 1. The van der Waals surface area contributed by atoms with E-state index < -0.39 is 0 Å². The van der Waals surface area contributed by atoms with Crippen LogP contribution in [0.5, 0.6) is 0 Å². The fourth-order valence-corrected chi connectivity index (χ4v) is 3.13. The van der Waals surface area contributed by atoms with E-state index in [4.69, 9.17) is 9.26 Å². The smallest absolute Gasteiger partial charge is 0.322 e. The van der Waals surface area contributed by atoms with Gasteiger partial charge in [-0.05, 0) is 30.9 Å². The van der Waals surface area contributed by atoms with Gasteiger partial charge in [-0.3, -0.25) is 0 Å². The Morgan fingerprint density at radius 3 is 2.92 bits per heavy atom.